The first-order chi connectivity index (χ1) is 15.0. The Bertz CT molecular complexity index is 1230. The van der Waals surface area contributed by atoms with Gasteiger partial charge in [-0.3, -0.25) is 15.1 Å². The second-order valence-corrected chi connectivity index (χ2v) is 8.06. The van der Waals surface area contributed by atoms with Crippen LogP contribution in [0.2, 0.25) is 5.02 Å². The highest BCUT2D eigenvalue weighted by atomic mass is 79.9. The second-order valence-electron chi connectivity index (χ2n) is 6.80. The molecule has 0 radical (unpaired) electrons. The van der Waals surface area contributed by atoms with E-state index in [2.05, 4.69) is 18.0 Å². The molecule has 9 heteroatoms. The Morgan fingerprint density at radius 1 is 1.12 bits per heavy atom. The SMILES string of the molecule is Br.CCCc1cc(-c2nc(-c3ccc(Oc4c(Cl)cccc4[N+](=O)[O-])cc3)cs2)ccn1. The lowest BCUT2D eigenvalue weighted by molar-refractivity contribution is -0.385. The Morgan fingerprint density at radius 2 is 1.91 bits per heavy atom. The molecule has 0 aliphatic heterocycles. The molecule has 0 saturated heterocycles. The van der Waals surface area contributed by atoms with Crippen LogP contribution in [-0.2, 0) is 6.42 Å². The van der Waals surface area contributed by atoms with Crippen molar-refractivity contribution in [1.29, 1.82) is 0 Å². The van der Waals surface area contributed by atoms with Gasteiger partial charge < -0.3 is 4.74 Å². The standard InChI is InChI=1S/C23H18ClN3O3S.BrH/c1-2-4-17-13-16(11-12-25-17)23-26-20(14-31-23)15-7-9-18(10-8-15)30-22-19(24)5-3-6-21(22)27(28)29;/h3,5-14H,2,4H2,1H3;1H. The van der Waals surface area contributed by atoms with Gasteiger partial charge in [-0.15, -0.1) is 28.3 Å². The minimum Gasteiger partial charge on any atom is -0.449 e. The Kier molecular flexibility index (Phi) is 7.95. The molecular formula is C23H19BrClN3O3S. The Hall–Kier alpha value is -2.81. The molecule has 0 N–H and O–H groups in total. The molecule has 0 saturated carbocycles. The van der Waals surface area contributed by atoms with Crippen molar-refractivity contribution >= 4 is 45.6 Å². The van der Waals surface area contributed by atoms with Crippen molar-refractivity contribution in [2.75, 3.05) is 0 Å². The summed E-state index contributed by atoms with van der Waals surface area (Å²) in [6.07, 6.45) is 3.81. The van der Waals surface area contributed by atoms with Crippen molar-refractivity contribution in [1.82, 2.24) is 9.97 Å². The maximum absolute atomic E-state index is 11.2. The lowest BCUT2D eigenvalue weighted by Crippen LogP contribution is -1.94. The van der Waals surface area contributed by atoms with E-state index in [1.54, 1.807) is 29.5 Å². The third kappa shape index (κ3) is 5.32. The maximum Gasteiger partial charge on any atom is 0.313 e. The van der Waals surface area contributed by atoms with E-state index in [0.717, 1.165) is 40.4 Å². The minimum absolute atomic E-state index is 0. The number of halogens is 2. The number of nitro groups is 1. The molecule has 0 aliphatic rings. The molecule has 0 amide bonds. The number of para-hydroxylation sites is 1. The smallest absolute Gasteiger partial charge is 0.313 e. The van der Waals surface area contributed by atoms with E-state index in [1.807, 2.05) is 29.8 Å². The predicted octanol–water partition coefficient (Wildman–Crippen LogP) is 7.76. The lowest BCUT2D eigenvalue weighted by atomic mass is 10.1. The van der Waals surface area contributed by atoms with Crippen molar-refractivity contribution in [3.05, 3.63) is 87.0 Å². The summed E-state index contributed by atoms with van der Waals surface area (Å²) in [5, 5.41) is 14.4. The first-order valence-electron chi connectivity index (χ1n) is 9.67. The van der Waals surface area contributed by atoms with Gasteiger partial charge >= 0.3 is 5.69 Å². The average molecular weight is 533 g/mol. The van der Waals surface area contributed by atoms with Crippen LogP contribution in [0.25, 0.3) is 21.8 Å². The number of nitrogens with zero attached hydrogens (tertiary/aromatic N) is 3. The quantitative estimate of drug-likeness (QED) is 0.179. The molecular weight excluding hydrogens is 514 g/mol. The first-order valence-corrected chi connectivity index (χ1v) is 10.9. The van der Waals surface area contributed by atoms with Crippen LogP contribution in [0.1, 0.15) is 19.0 Å². The second kappa shape index (κ2) is 10.7. The third-order valence-corrected chi connectivity index (χ3v) is 5.78. The summed E-state index contributed by atoms with van der Waals surface area (Å²) < 4.78 is 5.70. The van der Waals surface area contributed by atoms with Crippen LogP contribution in [0.3, 0.4) is 0 Å². The summed E-state index contributed by atoms with van der Waals surface area (Å²) in [4.78, 5) is 19.9. The van der Waals surface area contributed by atoms with Crippen LogP contribution < -0.4 is 4.74 Å². The van der Waals surface area contributed by atoms with Crippen LogP contribution in [0.4, 0.5) is 5.69 Å². The molecule has 0 bridgehead atoms. The number of aryl methyl sites for hydroxylation is 1. The number of nitro benzene ring substituents is 1. The predicted molar refractivity (Wildman–Crippen MR) is 133 cm³/mol. The number of hydrogen-bond donors (Lipinski definition) is 0. The third-order valence-electron chi connectivity index (χ3n) is 4.59. The van der Waals surface area contributed by atoms with Gasteiger partial charge in [-0.2, -0.15) is 0 Å². The summed E-state index contributed by atoms with van der Waals surface area (Å²) in [6.45, 7) is 2.13. The van der Waals surface area contributed by atoms with Gasteiger partial charge in [0.05, 0.1) is 15.6 Å². The van der Waals surface area contributed by atoms with Gasteiger partial charge in [0.1, 0.15) is 10.8 Å². The highest BCUT2D eigenvalue weighted by Crippen LogP contribution is 2.38. The molecule has 2 aromatic carbocycles. The lowest BCUT2D eigenvalue weighted by Gasteiger charge is -2.08. The fourth-order valence-corrected chi connectivity index (χ4v) is 4.13. The van der Waals surface area contributed by atoms with Crippen molar-refractivity contribution in [3.8, 4) is 33.3 Å². The molecule has 0 atom stereocenters. The number of benzene rings is 2. The van der Waals surface area contributed by atoms with Crippen LogP contribution >= 0.6 is 39.9 Å². The summed E-state index contributed by atoms with van der Waals surface area (Å²) in [5.74, 6) is 0.479. The molecule has 6 nitrogen and oxygen atoms in total. The van der Waals surface area contributed by atoms with E-state index in [4.69, 9.17) is 21.3 Å². The molecule has 32 heavy (non-hydrogen) atoms. The van der Waals surface area contributed by atoms with Gasteiger partial charge in [0.2, 0.25) is 5.75 Å². The zero-order valence-electron chi connectivity index (χ0n) is 17.0. The van der Waals surface area contributed by atoms with Crippen LogP contribution in [-0.4, -0.2) is 14.9 Å². The molecule has 4 rings (SSSR count). The van der Waals surface area contributed by atoms with Crippen molar-refractivity contribution in [2.45, 2.75) is 19.8 Å². The summed E-state index contributed by atoms with van der Waals surface area (Å²) in [6, 6.07) is 15.7. The highest BCUT2D eigenvalue weighted by molar-refractivity contribution is 8.93. The summed E-state index contributed by atoms with van der Waals surface area (Å²) in [7, 11) is 0. The number of aromatic nitrogens is 2. The topological polar surface area (TPSA) is 78.2 Å². The van der Waals surface area contributed by atoms with E-state index < -0.39 is 4.92 Å². The van der Waals surface area contributed by atoms with Gasteiger partial charge in [-0.25, -0.2) is 4.98 Å². The monoisotopic (exact) mass is 531 g/mol. The minimum atomic E-state index is -0.516. The zero-order chi connectivity index (χ0) is 21.8. The van der Waals surface area contributed by atoms with Gasteiger partial charge in [0.25, 0.3) is 0 Å². The maximum atomic E-state index is 11.2. The van der Waals surface area contributed by atoms with E-state index in [1.165, 1.54) is 12.1 Å². The van der Waals surface area contributed by atoms with Gasteiger partial charge in [0, 0.05) is 34.5 Å². The molecule has 2 heterocycles. The fraction of sp³-hybridized carbons (Fsp3) is 0.130. The Morgan fingerprint density at radius 3 is 2.62 bits per heavy atom. The van der Waals surface area contributed by atoms with Crippen molar-refractivity contribution in [3.63, 3.8) is 0 Å². The first kappa shape index (κ1) is 23.8. The number of pyridine rings is 1. The fourth-order valence-electron chi connectivity index (χ4n) is 3.10. The number of ether oxygens (including phenoxy) is 1. The Labute approximate surface area is 204 Å². The summed E-state index contributed by atoms with van der Waals surface area (Å²) >= 11 is 7.68. The zero-order valence-corrected chi connectivity index (χ0v) is 20.3. The van der Waals surface area contributed by atoms with E-state index in [9.17, 15) is 10.1 Å². The molecule has 0 aliphatic carbocycles. The molecule has 164 valence electrons. The molecule has 0 unspecified atom stereocenters. The van der Waals surface area contributed by atoms with Crippen LogP contribution in [0.5, 0.6) is 11.5 Å². The van der Waals surface area contributed by atoms with E-state index in [-0.39, 0.29) is 33.4 Å². The van der Waals surface area contributed by atoms with Crippen molar-refractivity contribution < 1.29 is 9.66 Å². The van der Waals surface area contributed by atoms with Gasteiger partial charge in [-0.1, -0.05) is 31.0 Å². The largest absolute Gasteiger partial charge is 0.449 e. The molecule has 0 spiro atoms. The normalized spacial score (nSPS) is 10.4. The Balaban J connectivity index is 0.00000289. The van der Waals surface area contributed by atoms with Crippen LogP contribution in [0, 0.1) is 10.1 Å². The molecule has 0 fully saturated rings. The van der Waals surface area contributed by atoms with Gasteiger partial charge in [-0.05, 0) is 48.9 Å². The van der Waals surface area contributed by atoms with Crippen molar-refractivity contribution in [2.24, 2.45) is 0 Å². The molecule has 2 aromatic heterocycles. The average Bonchev–Trinajstić information content (AvgIpc) is 3.26. The highest BCUT2D eigenvalue weighted by Gasteiger charge is 2.19. The number of hydrogen-bond acceptors (Lipinski definition) is 6. The van der Waals surface area contributed by atoms with E-state index in [0.29, 0.717) is 5.75 Å². The van der Waals surface area contributed by atoms with Gasteiger partial charge in [0.15, 0.2) is 0 Å². The van der Waals surface area contributed by atoms with E-state index >= 15 is 0 Å². The van der Waals surface area contributed by atoms with Crippen LogP contribution in [0.15, 0.2) is 66.2 Å². The number of rotatable bonds is 7. The molecule has 4 aromatic rings. The summed E-state index contributed by atoms with van der Waals surface area (Å²) in [5.41, 5.74) is 3.71. The number of thiazole rings is 1.